The fourth-order valence-electron chi connectivity index (χ4n) is 3.04. The molecule has 124 valence electrons. The molecule has 2 N–H and O–H groups in total. The number of carbonyl (C=O) groups excluding carboxylic acids is 1. The Morgan fingerprint density at radius 3 is 2.70 bits per heavy atom. The quantitative estimate of drug-likeness (QED) is 0.845. The molecule has 1 fully saturated rings. The Labute approximate surface area is 137 Å². The van der Waals surface area contributed by atoms with Crippen molar-refractivity contribution >= 4 is 11.6 Å². The lowest BCUT2D eigenvalue weighted by molar-refractivity contribution is -0.116. The number of benzene rings is 1. The van der Waals surface area contributed by atoms with Gasteiger partial charge in [0.05, 0.1) is 11.3 Å². The first kappa shape index (κ1) is 17.5. The molecule has 5 nitrogen and oxygen atoms in total. The largest absolute Gasteiger partial charge is 0.396 e. The Bertz CT molecular complexity index is 566. The number of piperidine rings is 1. The number of hydrogen-bond acceptors (Lipinski definition) is 4. The first-order valence-corrected chi connectivity index (χ1v) is 8.24. The molecular formula is C18H25N3O2. The molecule has 0 aromatic heterocycles. The third kappa shape index (κ3) is 4.54. The number of nitriles is 1. The molecule has 0 radical (unpaired) electrons. The summed E-state index contributed by atoms with van der Waals surface area (Å²) in [5.74, 6) is -0.0674. The number of likely N-dealkylation sites (tertiary alicyclic amines) is 1. The molecule has 1 aliphatic heterocycles. The zero-order chi connectivity index (χ0) is 16.7. The van der Waals surface area contributed by atoms with Gasteiger partial charge in [-0.1, -0.05) is 19.1 Å². The summed E-state index contributed by atoms with van der Waals surface area (Å²) < 4.78 is 0. The molecule has 0 saturated carbocycles. The molecule has 0 aliphatic carbocycles. The molecule has 1 aromatic carbocycles. The molecule has 0 bridgehead atoms. The van der Waals surface area contributed by atoms with E-state index in [9.17, 15) is 9.90 Å². The predicted molar refractivity (Wildman–Crippen MR) is 89.9 cm³/mol. The van der Waals surface area contributed by atoms with Gasteiger partial charge in [-0.15, -0.1) is 0 Å². The van der Waals surface area contributed by atoms with E-state index in [-0.39, 0.29) is 17.9 Å². The van der Waals surface area contributed by atoms with Crippen LogP contribution in [0.4, 0.5) is 5.69 Å². The second kappa shape index (κ2) is 8.09. The van der Waals surface area contributed by atoms with Gasteiger partial charge in [0.2, 0.25) is 5.91 Å². The van der Waals surface area contributed by atoms with Gasteiger partial charge in [-0.25, -0.2) is 0 Å². The molecule has 23 heavy (non-hydrogen) atoms. The summed E-state index contributed by atoms with van der Waals surface area (Å²) >= 11 is 0. The average molecular weight is 315 g/mol. The predicted octanol–water partition coefficient (Wildman–Crippen LogP) is 2.37. The van der Waals surface area contributed by atoms with E-state index < -0.39 is 0 Å². The van der Waals surface area contributed by atoms with Crippen molar-refractivity contribution in [3.05, 3.63) is 29.8 Å². The standard InChI is InChI=1S/C18H25N3O2/c1-2-18(14-22)8-11-21(12-9-18)10-7-17(23)20-16-6-4-3-5-15(16)13-19/h3-6,22H,2,7-12,14H2,1H3,(H,20,23). The maximum Gasteiger partial charge on any atom is 0.225 e. The van der Waals surface area contributed by atoms with Crippen LogP contribution in [-0.4, -0.2) is 42.2 Å². The van der Waals surface area contributed by atoms with E-state index in [1.165, 1.54) is 0 Å². The van der Waals surface area contributed by atoms with E-state index in [1.54, 1.807) is 24.3 Å². The second-order valence-corrected chi connectivity index (χ2v) is 6.31. The van der Waals surface area contributed by atoms with Crippen molar-refractivity contribution in [2.45, 2.75) is 32.6 Å². The number of aliphatic hydroxyl groups is 1. The highest BCUT2D eigenvalue weighted by atomic mass is 16.3. The van der Waals surface area contributed by atoms with Crippen molar-refractivity contribution < 1.29 is 9.90 Å². The molecule has 1 saturated heterocycles. The molecule has 5 heteroatoms. The normalized spacial score (nSPS) is 17.4. The Morgan fingerprint density at radius 1 is 1.39 bits per heavy atom. The van der Waals surface area contributed by atoms with Gasteiger partial charge in [0.25, 0.3) is 0 Å². The van der Waals surface area contributed by atoms with Gasteiger partial charge in [0, 0.05) is 19.6 Å². The van der Waals surface area contributed by atoms with Crippen LogP contribution >= 0.6 is 0 Å². The Morgan fingerprint density at radius 2 is 2.09 bits per heavy atom. The summed E-state index contributed by atoms with van der Waals surface area (Å²) in [5, 5.41) is 21.4. The Hall–Kier alpha value is -1.90. The maximum atomic E-state index is 12.1. The van der Waals surface area contributed by atoms with Gasteiger partial charge in [0.1, 0.15) is 6.07 Å². The van der Waals surface area contributed by atoms with Gasteiger partial charge in [-0.05, 0) is 49.9 Å². The van der Waals surface area contributed by atoms with Gasteiger partial charge >= 0.3 is 0 Å². The van der Waals surface area contributed by atoms with Crippen molar-refractivity contribution in [2.24, 2.45) is 5.41 Å². The molecular weight excluding hydrogens is 290 g/mol. The first-order valence-electron chi connectivity index (χ1n) is 8.24. The fourth-order valence-corrected chi connectivity index (χ4v) is 3.04. The highest BCUT2D eigenvalue weighted by Crippen LogP contribution is 2.34. The number of rotatable bonds is 6. The third-order valence-corrected chi connectivity index (χ3v) is 4.98. The molecule has 1 amide bonds. The number of aliphatic hydroxyl groups excluding tert-OH is 1. The highest BCUT2D eigenvalue weighted by Gasteiger charge is 2.32. The molecule has 2 rings (SSSR count). The van der Waals surface area contributed by atoms with Crippen molar-refractivity contribution in [3.8, 4) is 6.07 Å². The molecule has 0 unspecified atom stereocenters. The van der Waals surface area contributed by atoms with Crippen molar-refractivity contribution in [1.29, 1.82) is 5.26 Å². The van der Waals surface area contributed by atoms with Crippen LogP contribution in [0.15, 0.2) is 24.3 Å². The van der Waals surface area contributed by atoms with Crippen molar-refractivity contribution in [2.75, 3.05) is 31.6 Å². The second-order valence-electron chi connectivity index (χ2n) is 6.31. The zero-order valence-electron chi connectivity index (χ0n) is 13.7. The minimum absolute atomic E-state index is 0.0674. The minimum Gasteiger partial charge on any atom is -0.396 e. The van der Waals surface area contributed by atoms with Crippen LogP contribution in [-0.2, 0) is 4.79 Å². The fraction of sp³-hybridized carbons (Fsp3) is 0.556. The summed E-state index contributed by atoms with van der Waals surface area (Å²) in [5.41, 5.74) is 1.13. The van der Waals surface area contributed by atoms with E-state index in [0.717, 1.165) is 32.4 Å². The Kier molecular flexibility index (Phi) is 6.14. The number of nitrogens with one attached hydrogen (secondary N) is 1. The lowest BCUT2D eigenvalue weighted by atomic mass is 9.77. The summed E-state index contributed by atoms with van der Waals surface area (Å²) in [6, 6.07) is 9.10. The lowest BCUT2D eigenvalue weighted by Crippen LogP contribution is -2.42. The smallest absolute Gasteiger partial charge is 0.225 e. The summed E-state index contributed by atoms with van der Waals surface area (Å²) in [4.78, 5) is 14.4. The van der Waals surface area contributed by atoms with Crippen LogP contribution in [0.5, 0.6) is 0 Å². The lowest BCUT2D eigenvalue weighted by Gasteiger charge is -2.40. The number of hydrogen-bond donors (Lipinski definition) is 2. The van der Waals surface area contributed by atoms with Crippen LogP contribution < -0.4 is 5.32 Å². The summed E-state index contributed by atoms with van der Waals surface area (Å²) in [6.45, 7) is 4.95. The monoisotopic (exact) mass is 315 g/mol. The van der Waals surface area contributed by atoms with E-state index in [4.69, 9.17) is 5.26 Å². The van der Waals surface area contributed by atoms with Crippen LogP contribution in [0, 0.1) is 16.7 Å². The van der Waals surface area contributed by atoms with E-state index in [2.05, 4.69) is 23.2 Å². The zero-order valence-corrected chi connectivity index (χ0v) is 13.7. The minimum atomic E-state index is -0.0674. The summed E-state index contributed by atoms with van der Waals surface area (Å²) in [6.07, 6.45) is 3.39. The van der Waals surface area contributed by atoms with Crippen molar-refractivity contribution in [1.82, 2.24) is 4.90 Å². The molecule has 1 heterocycles. The highest BCUT2D eigenvalue weighted by molar-refractivity contribution is 5.92. The topological polar surface area (TPSA) is 76.4 Å². The van der Waals surface area contributed by atoms with Crippen LogP contribution in [0.2, 0.25) is 0 Å². The van der Waals surface area contributed by atoms with Gasteiger partial charge in [-0.3, -0.25) is 4.79 Å². The van der Waals surface area contributed by atoms with Crippen LogP contribution in [0.25, 0.3) is 0 Å². The number of nitrogens with zero attached hydrogens (tertiary/aromatic N) is 2. The van der Waals surface area contributed by atoms with E-state index in [0.29, 0.717) is 24.2 Å². The summed E-state index contributed by atoms with van der Waals surface area (Å²) in [7, 11) is 0. The van der Waals surface area contributed by atoms with Crippen LogP contribution in [0.3, 0.4) is 0 Å². The van der Waals surface area contributed by atoms with E-state index in [1.807, 2.05) is 0 Å². The molecule has 1 aliphatic rings. The Balaban J connectivity index is 1.79. The number of carbonyl (C=O) groups is 1. The number of amides is 1. The van der Waals surface area contributed by atoms with Crippen LogP contribution in [0.1, 0.15) is 38.2 Å². The molecule has 1 aromatic rings. The van der Waals surface area contributed by atoms with Crippen molar-refractivity contribution in [3.63, 3.8) is 0 Å². The van der Waals surface area contributed by atoms with E-state index >= 15 is 0 Å². The molecule has 0 spiro atoms. The first-order chi connectivity index (χ1) is 11.1. The van der Waals surface area contributed by atoms with Gasteiger partial charge in [-0.2, -0.15) is 5.26 Å². The SMILES string of the molecule is CCC1(CO)CCN(CCC(=O)Nc2ccccc2C#N)CC1. The third-order valence-electron chi connectivity index (χ3n) is 4.98. The maximum absolute atomic E-state index is 12.1. The molecule has 0 atom stereocenters. The van der Waals surface area contributed by atoms with Gasteiger partial charge < -0.3 is 15.3 Å². The average Bonchev–Trinajstić information content (AvgIpc) is 2.61. The number of para-hydroxylation sites is 1. The number of anilines is 1. The van der Waals surface area contributed by atoms with Gasteiger partial charge in [0.15, 0.2) is 0 Å².